The smallest absolute Gasteiger partial charge is 0.269 e. The molecule has 0 aliphatic rings. The molecule has 1 aromatic rings. The lowest BCUT2D eigenvalue weighted by Gasteiger charge is -2.24. The van der Waals surface area contributed by atoms with Crippen LogP contribution in [-0.2, 0) is 4.79 Å². The molecule has 0 aromatic heterocycles. The van der Waals surface area contributed by atoms with Crippen LogP contribution in [-0.4, -0.2) is 17.4 Å². The van der Waals surface area contributed by atoms with Crippen LogP contribution >= 0.6 is 0 Å². The second-order valence-corrected chi connectivity index (χ2v) is 5.99. The van der Waals surface area contributed by atoms with Gasteiger partial charge >= 0.3 is 0 Å². The lowest BCUT2D eigenvalue weighted by atomic mass is 9.84. The van der Waals surface area contributed by atoms with Gasteiger partial charge in [0.05, 0.1) is 10.8 Å². The van der Waals surface area contributed by atoms with E-state index in [0.717, 1.165) is 0 Å². The second-order valence-electron chi connectivity index (χ2n) is 5.99. The van der Waals surface area contributed by atoms with E-state index in [1.54, 1.807) is 0 Å². The summed E-state index contributed by atoms with van der Waals surface area (Å²) in [4.78, 5) is 22.2. The Labute approximate surface area is 118 Å². The summed E-state index contributed by atoms with van der Waals surface area (Å²) in [5, 5.41) is 13.3. The van der Waals surface area contributed by atoms with Crippen LogP contribution in [0.25, 0.3) is 0 Å². The van der Waals surface area contributed by atoms with Gasteiger partial charge in [-0.15, -0.1) is 0 Å². The van der Waals surface area contributed by atoms with Crippen LogP contribution in [0.5, 0.6) is 0 Å². The Morgan fingerprint density at radius 2 is 1.90 bits per heavy atom. The third kappa shape index (κ3) is 4.97. The Hall–Kier alpha value is -1.95. The van der Waals surface area contributed by atoms with E-state index in [2.05, 4.69) is 26.1 Å². The van der Waals surface area contributed by atoms with Crippen LogP contribution < -0.4 is 11.1 Å². The SMILES string of the molecule is CC(C)(C)CC(CN)C(=O)Nc1ccc([N+](=O)[O-])cc1. The molecule has 0 aliphatic carbocycles. The van der Waals surface area contributed by atoms with E-state index >= 15 is 0 Å². The summed E-state index contributed by atoms with van der Waals surface area (Å²) in [5.41, 5.74) is 6.19. The van der Waals surface area contributed by atoms with Crippen LogP contribution in [0.4, 0.5) is 11.4 Å². The topological polar surface area (TPSA) is 98.3 Å². The molecule has 6 heteroatoms. The zero-order valence-electron chi connectivity index (χ0n) is 12.1. The highest BCUT2D eigenvalue weighted by Gasteiger charge is 2.23. The Morgan fingerprint density at radius 3 is 2.30 bits per heavy atom. The Morgan fingerprint density at radius 1 is 1.35 bits per heavy atom. The molecule has 0 aliphatic heterocycles. The van der Waals surface area contributed by atoms with Crippen molar-refractivity contribution < 1.29 is 9.72 Å². The van der Waals surface area contributed by atoms with Gasteiger partial charge in [0.15, 0.2) is 0 Å². The van der Waals surface area contributed by atoms with E-state index in [0.29, 0.717) is 12.1 Å². The fourth-order valence-electron chi connectivity index (χ4n) is 1.93. The normalized spacial score (nSPS) is 12.8. The summed E-state index contributed by atoms with van der Waals surface area (Å²) in [5.74, 6) is -0.429. The quantitative estimate of drug-likeness (QED) is 0.639. The van der Waals surface area contributed by atoms with Gasteiger partial charge in [-0.2, -0.15) is 0 Å². The molecule has 0 radical (unpaired) electrons. The molecule has 3 N–H and O–H groups in total. The van der Waals surface area contributed by atoms with Crippen LogP contribution in [0.2, 0.25) is 0 Å². The molecule has 1 unspecified atom stereocenters. The minimum Gasteiger partial charge on any atom is -0.330 e. The molecular weight excluding hydrogens is 258 g/mol. The maximum absolute atomic E-state index is 12.1. The molecule has 1 amide bonds. The molecule has 0 saturated heterocycles. The molecule has 1 rings (SSSR count). The van der Waals surface area contributed by atoms with Gasteiger partial charge < -0.3 is 11.1 Å². The minimum absolute atomic E-state index is 0.00642. The van der Waals surface area contributed by atoms with Gasteiger partial charge in [0.25, 0.3) is 5.69 Å². The van der Waals surface area contributed by atoms with Crippen molar-refractivity contribution in [1.29, 1.82) is 0 Å². The number of carbonyl (C=O) groups is 1. The summed E-state index contributed by atoms with van der Waals surface area (Å²) in [6.07, 6.45) is 0.683. The lowest BCUT2D eigenvalue weighted by molar-refractivity contribution is -0.384. The van der Waals surface area contributed by atoms with Crippen molar-refractivity contribution in [3.63, 3.8) is 0 Å². The first-order valence-corrected chi connectivity index (χ1v) is 6.48. The van der Waals surface area contributed by atoms with E-state index < -0.39 is 4.92 Å². The number of non-ortho nitro benzene ring substituents is 1. The zero-order chi connectivity index (χ0) is 15.3. The predicted molar refractivity (Wildman–Crippen MR) is 78.3 cm³/mol. The molecule has 20 heavy (non-hydrogen) atoms. The lowest BCUT2D eigenvalue weighted by Crippen LogP contribution is -2.32. The summed E-state index contributed by atoms with van der Waals surface area (Å²) < 4.78 is 0. The number of nitro groups is 1. The first-order chi connectivity index (χ1) is 9.23. The number of nitrogens with zero attached hydrogens (tertiary/aromatic N) is 1. The van der Waals surface area contributed by atoms with Crippen LogP contribution in [0.15, 0.2) is 24.3 Å². The summed E-state index contributed by atoms with van der Waals surface area (Å²) in [6.45, 7) is 6.43. The molecule has 6 nitrogen and oxygen atoms in total. The molecule has 0 heterocycles. The molecule has 110 valence electrons. The summed E-state index contributed by atoms with van der Waals surface area (Å²) in [7, 11) is 0. The van der Waals surface area contributed by atoms with E-state index in [-0.39, 0.29) is 29.5 Å². The van der Waals surface area contributed by atoms with Gasteiger partial charge in [-0.05, 0) is 24.0 Å². The second kappa shape index (κ2) is 6.47. The fourth-order valence-corrected chi connectivity index (χ4v) is 1.93. The highest BCUT2D eigenvalue weighted by molar-refractivity contribution is 5.92. The number of nitro benzene ring substituents is 1. The number of amides is 1. The Kier molecular flexibility index (Phi) is 5.21. The molecule has 1 atom stereocenters. The standard InChI is InChI=1S/C14H21N3O3/c1-14(2,3)8-10(9-15)13(18)16-11-4-6-12(7-5-11)17(19)20/h4-7,10H,8-9,15H2,1-3H3,(H,16,18). The van der Waals surface area contributed by atoms with Gasteiger partial charge in [-0.1, -0.05) is 20.8 Å². The monoisotopic (exact) mass is 279 g/mol. The number of carbonyl (C=O) groups excluding carboxylic acids is 1. The van der Waals surface area contributed by atoms with E-state index in [4.69, 9.17) is 5.73 Å². The van der Waals surface area contributed by atoms with Crippen LogP contribution in [0, 0.1) is 21.4 Å². The third-order valence-electron chi connectivity index (χ3n) is 2.86. The molecule has 0 spiro atoms. The third-order valence-corrected chi connectivity index (χ3v) is 2.86. The van der Waals surface area contributed by atoms with Crippen molar-refractivity contribution in [2.75, 3.05) is 11.9 Å². The van der Waals surface area contributed by atoms with E-state index in [1.165, 1.54) is 24.3 Å². The highest BCUT2D eigenvalue weighted by Crippen LogP contribution is 2.25. The van der Waals surface area contributed by atoms with Crippen molar-refractivity contribution in [2.24, 2.45) is 17.1 Å². The van der Waals surface area contributed by atoms with Gasteiger partial charge in [0.2, 0.25) is 5.91 Å². The summed E-state index contributed by atoms with van der Waals surface area (Å²) in [6, 6.07) is 5.75. The zero-order valence-corrected chi connectivity index (χ0v) is 12.1. The number of benzene rings is 1. The number of hydrogen-bond acceptors (Lipinski definition) is 4. The predicted octanol–water partition coefficient (Wildman–Crippen LogP) is 2.54. The largest absolute Gasteiger partial charge is 0.330 e. The first kappa shape index (κ1) is 16.1. The molecule has 0 saturated carbocycles. The average Bonchev–Trinajstić information content (AvgIpc) is 2.35. The number of anilines is 1. The first-order valence-electron chi connectivity index (χ1n) is 6.48. The average molecular weight is 279 g/mol. The van der Waals surface area contributed by atoms with Crippen molar-refractivity contribution in [3.8, 4) is 0 Å². The van der Waals surface area contributed by atoms with Crippen molar-refractivity contribution in [2.45, 2.75) is 27.2 Å². The maximum Gasteiger partial charge on any atom is 0.269 e. The van der Waals surface area contributed by atoms with Crippen LogP contribution in [0.1, 0.15) is 27.2 Å². The maximum atomic E-state index is 12.1. The fraction of sp³-hybridized carbons (Fsp3) is 0.500. The number of hydrogen-bond donors (Lipinski definition) is 2. The summed E-state index contributed by atoms with van der Waals surface area (Å²) >= 11 is 0. The number of nitrogens with two attached hydrogens (primary N) is 1. The Balaban J connectivity index is 2.71. The van der Waals surface area contributed by atoms with Gasteiger partial charge in [-0.3, -0.25) is 14.9 Å². The Bertz CT molecular complexity index is 477. The van der Waals surface area contributed by atoms with Crippen LogP contribution in [0.3, 0.4) is 0 Å². The molecule has 1 aromatic carbocycles. The van der Waals surface area contributed by atoms with Gasteiger partial charge in [-0.25, -0.2) is 0 Å². The van der Waals surface area contributed by atoms with Gasteiger partial charge in [0, 0.05) is 24.4 Å². The van der Waals surface area contributed by atoms with E-state index in [9.17, 15) is 14.9 Å². The molecule has 0 bridgehead atoms. The van der Waals surface area contributed by atoms with Crippen molar-refractivity contribution in [3.05, 3.63) is 34.4 Å². The van der Waals surface area contributed by atoms with Crippen molar-refractivity contribution in [1.82, 2.24) is 0 Å². The molecule has 0 fully saturated rings. The van der Waals surface area contributed by atoms with Gasteiger partial charge in [0.1, 0.15) is 0 Å². The molecular formula is C14H21N3O3. The number of rotatable bonds is 5. The highest BCUT2D eigenvalue weighted by atomic mass is 16.6. The minimum atomic E-state index is -0.478. The number of nitrogens with one attached hydrogen (secondary N) is 1. The van der Waals surface area contributed by atoms with Crippen molar-refractivity contribution >= 4 is 17.3 Å². The van der Waals surface area contributed by atoms with E-state index in [1.807, 2.05) is 0 Å².